The molecule has 0 aliphatic heterocycles. The lowest BCUT2D eigenvalue weighted by molar-refractivity contribution is -0.132. The summed E-state index contributed by atoms with van der Waals surface area (Å²) in [6.07, 6.45) is 0. The van der Waals surface area contributed by atoms with Crippen molar-refractivity contribution in [2.45, 2.75) is 0 Å². The minimum Gasteiger partial charge on any atom is -0.342 e. The molecule has 0 saturated carbocycles. The second kappa shape index (κ2) is 8.47. The monoisotopic (exact) mass is 365 g/mol. The summed E-state index contributed by atoms with van der Waals surface area (Å²) in [6.45, 7) is -0.314. The molecule has 0 fully saturated rings. The highest BCUT2D eigenvalue weighted by Crippen LogP contribution is 2.20. The van der Waals surface area contributed by atoms with Crippen LogP contribution in [0.2, 0.25) is 5.02 Å². The highest BCUT2D eigenvalue weighted by atomic mass is 35.5. The molecule has 8 heteroatoms. The lowest BCUT2D eigenvalue weighted by Gasteiger charge is -2.17. The molecule has 6 nitrogen and oxygen atoms in total. The topological polar surface area (TPSA) is 78.5 Å². The number of anilines is 1. The number of carbonyl (C=O) groups excluding carboxylic acids is 3. The van der Waals surface area contributed by atoms with Crippen molar-refractivity contribution in [2.24, 2.45) is 0 Å². The molecule has 1 aromatic heterocycles. The van der Waals surface area contributed by atoms with Crippen molar-refractivity contribution in [3.8, 4) is 0 Å². The van der Waals surface area contributed by atoms with Crippen LogP contribution in [0.15, 0.2) is 41.8 Å². The molecule has 1 aromatic carbocycles. The summed E-state index contributed by atoms with van der Waals surface area (Å²) >= 11 is 7.25. The first kappa shape index (κ1) is 18.0. The van der Waals surface area contributed by atoms with Crippen LogP contribution in [0.3, 0.4) is 0 Å². The van der Waals surface area contributed by atoms with E-state index in [1.54, 1.807) is 41.8 Å². The second-order valence-electron chi connectivity index (χ2n) is 4.94. The maximum Gasteiger partial charge on any atom is 0.261 e. The third kappa shape index (κ3) is 5.07. The van der Waals surface area contributed by atoms with Gasteiger partial charge in [-0.3, -0.25) is 14.4 Å². The first-order valence-electron chi connectivity index (χ1n) is 7.07. The minimum absolute atomic E-state index is 0.140. The highest BCUT2D eigenvalue weighted by Gasteiger charge is 2.15. The number of carbonyl (C=O) groups is 3. The zero-order valence-corrected chi connectivity index (χ0v) is 14.5. The maximum atomic E-state index is 12.0. The van der Waals surface area contributed by atoms with Crippen molar-refractivity contribution in [3.63, 3.8) is 0 Å². The molecule has 0 aliphatic rings. The molecule has 0 unspecified atom stereocenters. The minimum atomic E-state index is -0.372. The predicted octanol–water partition coefficient (Wildman–Crippen LogP) is 2.23. The van der Waals surface area contributed by atoms with Crippen LogP contribution in [0.25, 0.3) is 0 Å². The number of halogens is 1. The fourth-order valence-electron chi connectivity index (χ4n) is 1.84. The van der Waals surface area contributed by atoms with Gasteiger partial charge in [-0.2, -0.15) is 0 Å². The highest BCUT2D eigenvalue weighted by molar-refractivity contribution is 7.12. The summed E-state index contributed by atoms with van der Waals surface area (Å²) in [5, 5.41) is 7.36. The van der Waals surface area contributed by atoms with Gasteiger partial charge in [-0.1, -0.05) is 29.8 Å². The molecule has 0 saturated heterocycles. The molecule has 0 radical (unpaired) electrons. The number of benzene rings is 1. The van der Waals surface area contributed by atoms with Crippen LogP contribution in [0.1, 0.15) is 9.67 Å². The van der Waals surface area contributed by atoms with E-state index in [0.717, 1.165) is 0 Å². The molecule has 1 heterocycles. The number of thiophene rings is 1. The number of para-hydroxylation sites is 1. The average Bonchev–Trinajstić information content (AvgIpc) is 3.09. The zero-order chi connectivity index (χ0) is 17.5. The smallest absolute Gasteiger partial charge is 0.261 e. The molecule has 0 bridgehead atoms. The normalized spacial score (nSPS) is 10.1. The number of likely N-dealkylation sites (N-methyl/N-ethyl adjacent to an activating group) is 1. The summed E-state index contributed by atoms with van der Waals surface area (Å²) < 4.78 is 0. The van der Waals surface area contributed by atoms with Gasteiger partial charge < -0.3 is 15.5 Å². The quantitative estimate of drug-likeness (QED) is 0.824. The Kier molecular flexibility index (Phi) is 6.34. The third-order valence-electron chi connectivity index (χ3n) is 3.10. The summed E-state index contributed by atoms with van der Waals surface area (Å²) in [7, 11) is 1.49. The maximum absolute atomic E-state index is 12.0. The first-order chi connectivity index (χ1) is 11.5. The predicted molar refractivity (Wildman–Crippen MR) is 94.4 cm³/mol. The summed E-state index contributed by atoms with van der Waals surface area (Å²) in [5.74, 6) is -1.05. The van der Waals surface area contributed by atoms with E-state index in [1.165, 1.54) is 23.3 Å². The Bertz CT molecular complexity index is 734. The van der Waals surface area contributed by atoms with Crippen molar-refractivity contribution in [2.75, 3.05) is 25.5 Å². The first-order valence-corrected chi connectivity index (χ1v) is 8.33. The van der Waals surface area contributed by atoms with Gasteiger partial charge >= 0.3 is 0 Å². The number of hydrogen-bond acceptors (Lipinski definition) is 4. The van der Waals surface area contributed by atoms with Gasteiger partial charge in [-0.05, 0) is 23.6 Å². The Labute approximate surface area is 148 Å². The van der Waals surface area contributed by atoms with Gasteiger partial charge in [0.2, 0.25) is 11.8 Å². The number of amides is 3. The van der Waals surface area contributed by atoms with Crippen LogP contribution in [0.5, 0.6) is 0 Å². The van der Waals surface area contributed by atoms with E-state index in [0.29, 0.717) is 15.6 Å². The number of nitrogens with zero attached hydrogens (tertiary/aromatic N) is 1. The number of rotatable bonds is 6. The number of hydrogen-bond donors (Lipinski definition) is 2. The molecular formula is C16H16ClN3O3S. The standard InChI is InChI=1S/C16H16ClN3O3S/c1-20(10-14(21)19-12-6-3-2-5-11(12)17)15(22)9-18-16(23)13-7-4-8-24-13/h2-8H,9-10H2,1H3,(H,18,23)(H,19,21). The lowest BCUT2D eigenvalue weighted by Crippen LogP contribution is -2.41. The van der Waals surface area contributed by atoms with E-state index < -0.39 is 0 Å². The molecule has 2 aromatic rings. The van der Waals surface area contributed by atoms with Crippen molar-refractivity contribution >= 4 is 46.3 Å². The van der Waals surface area contributed by atoms with Crippen LogP contribution >= 0.6 is 22.9 Å². The number of nitrogens with one attached hydrogen (secondary N) is 2. The Morgan fingerprint density at radius 2 is 1.92 bits per heavy atom. The molecule has 0 aliphatic carbocycles. The van der Waals surface area contributed by atoms with Crippen molar-refractivity contribution < 1.29 is 14.4 Å². The van der Waals surface area contributed by atoms with Gasteiger partial charge in [0.25, 0.3) is 5.91 Å². The Morgan fingerprint density at radius 3 is 2.58 bits per heavy atom. The van der Waals surface area contributed by atoms with E-state index in [-0.39, 0.29) is 30.8 Å². The Balaban J connectivity index is 1.79. The molecule has 0 atom stereocenters. The fraction of sp³-hybridized carbons (Fsp3) is 0.188. The molecule has 24 heavy (non-hydrogen) atoms. The zero-order valence-electron chi connectivity index (χ0n) is 12.9. The Hall–Kier alpha value is -2.38. The molecule has 0 spiro atoms. The van der Waals surface area contributed by atoms with Gasteiger partial charge in [0.1, 0.15) is 0 Å². The van der Waals surface area contributed by atoms with Gasteiger partial charge in [0.15, 0.2) is 0 Å². The average molecular weight is 366 g/mol. The molecule has 3 amide bonds. The van der Waals surface area contributed by atoms with Gasteiger partial charge in [-0.15, -0.1) is 11.3 Å². The fourth-order valence-corrected chi connectivity index (χ4v) is 2.66. The van der Waals surface area contributed by atoms with Crippen LogP contribution < -0.4 is 10.6 Å². The molecule has 2 N–H and O–H groups in total. The van der Waals surface area contributed by atoms with E-state index in [2.05, 4.69) is 10.6 Å². The van der Waals surface area contributed by atoms with E-state index in [9.17, 15) is 14.4 Å². The van der Waals surface area contributed by atoms with Crippen LogP contribution in [0.4, 0.5) is 5.69 Å². The SMILES string of the molecule is CN(CC(=O)Nc1ccccc1Cl)C(=O)CNC(=O)c1cccs1. The van der Waals surface area contributed by atoms with Gasteiger partial charge in [0.05, 0.1) is 28.7 Å². The van der Waals surface area contributed by atoms with Crippen molar-refractivity contribution in [1.29, 1.82) is 0 Å². The van der Waals surface area contributed by atoms with E-state index in [4.69, 9.17) is 11.6 Å². The van der Waals surface area contributed by atoms with Gasteiger partial charge in [0, 0.05) is 7.05 Å². The summed E-state index contributed by atoms with van der Waals surface area (Å²) in [6, 6.07) is 10.3. The molecule has 126 valence electrons. The van der Waals surface area contributed by atoms with Crippen LogP contribution in [0, 0.1) is 0 Å². The summed E-state index contributed by atoms with van der Waals surface area (Å²) in [5.41, 5.74) is 0.482. The van der Waals surface area contributed by atoms with Crippen molar-refractivity contribution in [1.82, 2.24) is 10.2 Å². The van der Waals surface area contributed by atoms with Crippen molar-refractivity contribution in [3.05, 3.63) is 51.7 Å². The third-order valence-corrected chi connectivity index (χ3v) is 4.30. The summed E-state index contributed by atoms with van der Waals surface area (Å²) in [4.78, 5) is 37.5. The largest absolute Gasteiger partial charge is 0.342 e. The molecular weight excluding hydrogens is 350 g/mol. The van der Waals surface area contributed by atoms with E-state index >= 15 is 0 Å². The van der Waals surface area contributed by atoms with Crippen LogP contribution in [-0.2, 0) is 9.59 Å². The molecule has 2 rings (SSSR count). The van der Waals surface area contributed by atoms with Crippen LogP contribution in [-0.4, -0.2) is 42.8 Å². The lowest BCUT2D eigenvalue weighted by atomic mass is 10.3. The second-order valence-corrected chi connectivity index (χ2v) is 6.29. The van der Waals surface area contributed by atoms with Gasteiger partial charge in [-0.25, -0.2) is 0 Å². The van der Waals surface area contributed by atoms with E-state index in [1.807, 2.05) is 0 Å². The Morgan fingerprint density at radius 1 is 1.17 bits per heavy atom.